The van der Waals surface area contributed by atoms with Crippen molar-refractivity contribution in [1.29, 1.82) is 0 Å². The standard InChI is InChI=1S/C19H15N3OS2/c1-12(13-7-3-2-4-8-13)22-18(23)16(25-19(22)24)11-17-20-14-9-5-6-10-15(14)21-17/h2-12,23H,1H3. The molecule has 4 rings (SSSR count). The molecule has 1 aliphatic heterocycles. The lowest BCUT2D eigenvalue weighted by molar-refractivity contribution is 0.404. The van der Waals surface area contributed by atoms with Crippen LogP contribution in [0.5, 0.6) is 5.88 Å². The summed E-state index contributed by atoms with van der Waals surface area (Å²) in [5.74, 6) is 0.729. The molecule has 0 saturated carbocycles. The third-order valence-electron chi connectivity index (χ3n) is 4.12. The fourth-order valence-electron chi connectivity index (χ4n) is 2.82. The molecule has 1 unspecified atom stereocenters. The van der Waals surface area contributed by atoms with Gasteiger partial charge in [-0.15, -0.1) is 11.3 Å². The smallest absolute Gasteiger partial charge is 0.211 e. The molecule has 2 heterocycles. The zero-order valence-electron chi connectivity index (χ0n) is 13.5. The van der Waals surface area contributed by atoms with Crippen molar-refractivity contribution in [2.75, 3.05) is 0 Å². The normalized spacial score (nSPS) is 13.7. The molecule has 1 aliphatic rings. The van der Waals surface area contributed by atoms with Crippen LogP contribution in [0.25, 0.3) is 6.08 Å². The Labute approximate surface area is 153 Å². The van der Waals surface area contributed by atoms with Crippen LogP contribution in [0.2, 0.25) is 0 Å². The highest BCUT2D eigenvalue weighted by Gasteiger charge is 2.17. The molecule has 2 aromatic carbocycles. The fraction of sp³-hybridized carbons (Fsp3) is 0.105. The molecule has 1 N–H and O–H groups in total. The van der Waals surface area contributed by atoms with Crippen molar-refractivity contribution in [2.45, 2.75) is 13.0 Å². The lowest BCUT2D eigenvalue weighted by Crippen LogP contribution is -2.19. The summed E-state index contributed by atoms with van der Waals surface area (Å²) in [6.45, 7) is 2.02. The van der Waals surface area contributed by atoms with Crippen LogP contribution in [0.1, 0.15) is 23.4 Å². The van der Waals surface area contributed by atoms with Crippen LogP contribution in [-0.4, -0.2) is 9.67 Å². The van der Waals surface area contributed by atoms with Crippen molar-refractivity contribution in [3.8, 4) is 5.88 Å². The summed E-state index contributed by atoms with van der Waals surface area (Å²) in [6.07, 6.45) is 1.78. The summed E-state index contributed by atoms with van der Waals surface area (Å²) < 4.78 is 2.39. The number of benzene rings is 2. The average molecular weight is 365 g/mol. The predicted molar refractivity (Wildman–Crippen MR) is 102 cm³/mol. The Morgan fingerprint density at radius 3 is 2.28 bits per heavy atom. The molecule has 6 heteroatoms. The Kier molecular flexibility index (Phi) is 4.07. The van der Waals surface area contributed by atoms with Crippen molar-refractivity contribution < 1.29 is 5.11 Å². The number of thiazole rings is 1. The summed E-state index contributed by atoms with van der Waals surface area (Å²) in [4.78, 5) is 9.62. The highest BCUT2D eigenvalue weighted by Crippen LogP contribution is 2.34. The lowest BCUT2D eigenvalue weighted by atomic mass is 10.1. The second kappa shape index (κ2) is 6.38. The maximum atomic E-state index is 10.7. The molecule has 0 spiro atoms. The van der Waals surface area contributed by atoms with E-state index < -0.39 is 0 Å². The van der Waals surface area contributed by atoms with E-state index in [2.05, 4.69) is 9.98 Å². The van der Waals surface area contributed by atoms with Crippen LogP contribution in [0.4, 0.5) is 0 Å². The third-order valence-corrected chi connectivity index (χ3v) is 5.46. The van der Waals surface area contributed by atoms with Crippen LogP contribution >= 0.6 is 23.6 Å². The lowest BCUT2D eigenvalue weighted by Gasteiger charge is -2.14. The average Bonchev–Trinajstić information content (AvgIpc) is 3.15. The van der Waals surface area contributed by atoms with Gasteiger partial charge in [0.25, 0.3) is 0 Å². The fourth-order valence-corrected chi connectivity index (χ4v) is 4.22. The van der Waals surface area contributed by atoms with Gasteiger partial charge < -0.3 is 5.11 Å². The molecule has 1 atom stereocenters. The van der Waals surface area contributed by atoms with E-state index in [1.54, 1.807) is 10.6 Å². The molecule has 0 radical (unpaired) electrons. The molecule has 1 aromatic heterocycles. The minimum absolute atomic E-state index is 0.0493. The van der Waals surface area contributed by atoms with E-state index in [9.17, 15) is 5.11 Å². The summed E-state index contributed by atoms with van der Waals surface area (Å²) in [7, 11) is 0. The quantitative estimate of drug-likeness (QED) is 0.717. The SMILES string of the molecule is CC(c1ccccc1)n1c(O)c(C=C2N=c3ccccc3=N2)sc1=S. The summed E-state index contributed by atoms with van der Waals surface area (Å²) >= 11 is 6.84. The second-order valence-electron chi connectivity index (χ2n) is 5.73. The number of rotatable bonds is 3. The van der Waals surface area contributed by atoms with E-state index in [1.807, 2.05) is 61.5 Å². The minimum atomic E-state index is -0.0493. The number of hydrogen-bond acceptors (Lipinski definition) is 5. The van der Waals surface area contributed by atoms with Gasteiger partial charge in [0.2, 0.25) is 5.88 Å². The van der Waals surface area contributed by atoms with Gasteiger partial charge in [0.1, 0.15) is 0 Å². The van der Waals surface area contributed by atoms with Crippen LogP contribution in [0, 0.1) is 3.95 Å². The van der Waals surface area contributed by atoms with Gasteiger partial charge in [-0.1, -0.05) is 42.5 Å². The van der Waals surface area contributed by atoms with Gasteiger partial charge in [0.15, 0.2) is 9.78 Å². The topological polar surface area (TPSA) is 49.9 Å². The van der Waals surface area contributed by atoms with E-state index in [0.29, 0.717) is 14.7 Å². The molecule has 0 saturated heterocycles. The molecule has 0 aliphatic carbocycles. The Bertz CT molecular complexity index is 1110. The largest absolute Gasteiger partial charge is 0.493 e. The number of nitrogens with zero attached hydrogens (tertiary/aromatic N) is 3. The molecule has 124 valence electrons. The van der Waals surface area contributed by atoms with Crippen molar-refractivity contribution in [2.24, 2.45) is 9.98 Å². The minimum Gasteiger partial charge on any atom is -0.493 e. The van der Waals surface area contributed by atoms with Gasteiger partial charge in [-0.3, -0.25) is 4.57 Å². The Morgan fingerprint density at radius 2 is 1.64 bits per heavy atom. The van der Waals surface area contributed by atoms with Crippen LogP contribution in [-0.2, 0) is 0 Å². The first kappa shape index (κ1) is 15.9. The number of para-hydroxylation sites is 2. The van der Waals surface area contributed by atoms with Crippen molar-refractivity contribution in [1.82, 2.24) is 4.57 Å². The van der Waals surface area contributed by atoms with Gasteiger partial charge >= 0.3 is 0 Å². The molecule has 4 nitrogen and oxygen atoms in total. The Hall–Kier alpha value is -2.57. The van der Waals surface area contributed by atoms with Gasteiger partial charge in [-0.25, -0.2) is 9.98 Å². The number of aromatic hydroxyl groups is 1. The van der Waals surface area contributed by atoms with E-state index in [1.165, 1.54) is 11.3 Å². The highest BCUT2D eigenvalue weighted by atomic mass is 32.1. The van der Waals surface area contributed by atoms with Gasteiger partial charge in [0, 0.05) is 6.08 Å². The van der Waals surface area contributed by atoms with Crippen LogP contribution in [0.15, 0.2) is 70.4 Å². The summed E-state index contributed by atoms with van der Waals surface area (Å²) in [6, 6.07) is 17.6. The zero-order chi connectivity index (χ0) is 17.4. The molecular weight excluding hydrogens is 350 g/mol. The van der Waals surface area contributed by atoms with E-state index in [-0.39, 0.29) is 11.9 Å². The van der Waals surface area contributed by atoms with Crippen molar-refractivity contribution >= 4 is 29.6 Å². The number of aromatic nitrogens is 1. The van der Waals surface area contributed by atoms with Crippen LogP contribution < -0.4 is 10.7 Å². The maximum absolute atomic E-state index is 10.7. The third kappa shape index (κ3) is 2.94. The van der Waals surface area contributed by atoms with Crippen LogP contribution in [0.3, 0.4) is 0 Å². The first-order chi connectivity index (χ1) is 12.1. The van der Waals surface area contributed by atoms with E-state index in [0.717, 1.165) is 16.3 Å². The molecular formula is C19H15N3OS2. The van der Waals surface area contributed by atoms with Gasteiger partial charge in [0.05, 0.1) is 21.6 Å². The first-order valence-corrected chi connectivity index (χ1v) is 9.09. The molecule has 0 bridgehead atoms. The number of fused-ring (bicyclic) bond motifs is 1. The molecule has 0 amide bonds. The van der Waals surface area contributed by atoms with Gasteiger partial charge in [-0.2, -0.15) is 0 Å². The molecule has 25 heavy (non-hydrogen) atoms. The zero-order valence-corrected chi connectivity index (χ0v) is 15.1. The second-order valence-corrected chi connectivity index (χ2v) is 7.40. The number of hydrogen-bond donors (Lipinski definition) is 1. The maximum Gasteiger partial charge on any atom is 0.211 e. The summed E-state index contributed by atoms with van der Waals surface area (Å²) in [5, 5.41) is 12.4. The predicted octanol–water partition coefficient (Wildman–Crippen LogP) is 3.85. The Morgan fingerprint density at radius 1 is 1.04 bits per heavy atom. The van der Waals surface area contributed by atoms with Gasteiger partial charge in [-0.05, 0) is 36.8 Å². The van der Waals surface area contributed by atoms with E-state index in [4.69, 9.17) is 12.2 Å². The van der Waals surface area contributed by atoms with E-state index >= 15 is 0 Å². The first-order valence-electron chi connectivity index (χ1n) is 7.87. The van der Waals surface area contributed by atoms with Crippen molar-refractivity contribution in [3.63, 3.8) is 0 Å². The summed E-state index contributed by atoms with van der Waals surface area (Å²) in [5.41, 5.74) is 1.09. The Balaban J connectivity index is 1.76. The van der Waals surface area contributed by atoms with Crippen molar-refractivity contribution in [3.05, 3.63) is 85.5 Å². The highest BCUT2D eigenvalue weighted by molar-refractivity contribution is 7.73. The molecule has 3 aromatic rings. The molecule has 0 fully saturated rings. The monoisotopic (exact) mass is 365 g/mol.